The van der Waals surface area contributed by atoms with Gasteiger partial charge in [0.25, 0.3) is 0 Å². The molecule has 186 valence electrons. The molecule has 2 N–H and O–H groups in total. The number of benzene rings is 2. The molecule has 3 heterocycles. The van der Waals surface area contributed by atoms with E-state index in [1.807, 2.05) is 0 Å². The molecule has 2 bridgehead atoms. The van der Waals surface area contributed by atoms with Gasteiger partial charge in [0, 0.05) is 34.1 Å². The molecule has 2 atom stereocenters. The van der Waals surface area contributed by atoms with Crippen molar-refractivity contribution in [3.63, 3.8) is 0 Å². The second-order valence-corrected chi connectivity index (χ2v) is 11.2. The molecule has 0 unspecified atom stereocenters. The highest BCUT2D eigenvalue weighted by Crippen LogP contribution is 2.51. The highest BCUT2D eigenvalue weighted by molar-refractivity contribution is 6.35. The number of nitrogens with one attached hydrogen (secondary N) is 2. The number of hydrogen-bond acceptors (Lipinski definition) is 3. The summed E-state index contributed by atoms with van der Waals surface area (Å²) in [4.78, 5) is 29.3. The fraction of sp³-hybridized carbons (Fsp3) is 0.462. The summed E-state index contributed by atoms with van der Waals surface area (Å²) in [7, 11) is 0. The van der Waals surface area contributed by atoms with Crippen LogP contribution in [0.5, 0.6) is 0 Å². The van der Waals surface area contributed by atoms with Gasteiger partial charge in [0.15, 0.2) is 0 Å². The molecule has 2 amide bonds. The van der Waals surface area contributed by atoms with Gasteiger partial charge >= 0.3 is 0 Å². The maximum absolute atomic E-state index is 14.6. The van der Waals surface area contributed by atoms with Gasteiger partial charge < -0.3 is 15.5 Å². The van der Waals surface area contributed by atoms with Crippen LogP contribution in [0.1, 0.15) is 36.8 Å². The third-order valence-corrected chi connectivity index (χ3v) is 8.46. The third-order valence-electron chi connectivity index (χ3n) is 7.68. The van der Waals surface area contributed by atoms with Crippen LogP contribution >= 0.6 is 34.8 Å². The predicted molar refractivity (Wildman–Crippen MR) is 136 cm³/mol. The maximum Gasteiger partial charge on any atom is 0.243 e. The molecule has 0 radical (unpaired) electrons. The Kier molecular flexibility index (Phi) is 7.01. The van der Waals surface area contributed by atoms with Crippen molar-refractivity contribution < 1.29 is 14.0 Å². The zero-order valence-electron chi connectivity index (χ0n) is 19.1. The summed E-state index contributed by atoms with van der Waals surface area (Å²) in [6.45, 7) is 2.91. The van der Waals surface area contributed by atoms with Crippen molar-refractivity contribution in [1.82, 2.24) is 15.5 Å². The van der Waals surface area contributed by atoms with E-state index in [2.05, 4.69) is 15.5 Å². The van der Waals surface area contributed by atoms with Crippen molar-refractivity contribution in [2.45, 2.75) is 49.6 Å². The summed E-state index contributed by atoms with van der Waals surface area (Å²) < 4.78 is 14.6. The Morgan fingerprint density at radius 1 is 1.06 bits per heavy atom. The van der Waals surface area contributed by atoms with Crippen molar-refractivity contribution in [3.05, 3.63) is 68.4 Å². The van der Waals surface area contributed by atoms with E-state index in [9.17, 15) is 14.0 Å². The first-order chi connectivity index (χ1) is 16.7. The van der Waals surface area contributed by atoms with Gasteiger partial charge in [0.05, 0.1) is 5.41 Å². The van der Waals surface area contributed by atoms with Crippen LogP contribution in [-0.4, -0.2) is 48.4 Å². The van der Waals surface area contributed by atoms with Crippen LogP contribution in [0.2, 0.25) is 15.1 Å². The monoisotopic (exact) mass is 537 g/mol. The molecule has 0 spiro atoms. The number of rotatable bonds is 7. The Hall–Kier alpha value is -1.86. The van der Waals surface area contributed by atoms with E-state index in [0.717, 1.165) is 32.5 Å². The van der Waals surface area contributed by atoms with Gasteiger partial charge in [0.2, 0.25) is 11.8 Å². The molecule has 6 rings (SSSR count). The lowest BCUT2D eigenvalue weighted by molar-refractivity contribution is -0.131. The van der Waals surface area contributed by atoms with Crippen molar-refractivity contribution >= 4 is 46.6 Å². The van der Waals surface area contributed by atoms with E-state index in [4.69, 9.17) is 34.8 Å². The summed E-state index contributed by atoms with van der Waals surface area (Å²) in [5.74, 6) is -0.668. The second-order valence-electron chi connectivity index (χ2n) is 9.93. The summed E-state index contributed by atoms with van der Waals surface area (Å²) in [5.41, 5.74) is 0.197. The van der Waals surface area contributed by atoms with Crippen LogP contribution in [0, 0.1) is 11.7 Å². The van der Waals surface area contributed by atoms with Gasteiger partial charge in [-0.15, -0.1) is 0 Å². The molecular weight excluding hydrogens is 512 g/mol. The average Bonchev–Trinajstić information content (AvgIpc) is 3.63. The van der Waals surface area contributed by atoms with Crippen LogP contribution < -0.4 is 10.6 Å². The Labute approximate surface area is 219 Å². The first-order valence-electron chi connectivity index (χ1n) is 12.0. The second kappa shape index (κ2) is 9.89. The third kappa shape index (κ3) is 5.17. The van der Waals surface area contributed by atoms with Gasteiger partial charge in [-0.3, -0.25) is 9.59 Å². The Bertz CT molecular complexity index is 1150. The number of fused-ring (bicyclic) bond motifs is 3. The minimum Gasteiger partial charge on any atom is -0.350 e. The molecule has 0 aromatic heterocycles. The number of halogens is 4. The molecule has 1 saturated carbocycles. The van der Waals surface area contributed by atoms with E-state index in [1.54, 1.807) is 30.3 Å². The predicted octanol–water partition coefficient (Wildman–Crippen LogP) is 4.76. The molecule has 4 fully saturated rings. The van der Waals surface area contributed by atoms with E-state index >= 15 is 0 Å². The number of carbonyl (C=O) groups excluding carboxylic acids is 2. The fourth-order valence-corrected chi connectivity index (χ4v) is 6.19. The molecule has 4 aliphatic rings. The number of amides is 2. The summed E-state index contributed by atoms with van der Waals surface area (Å²) in [6, 6.07) is 8.54. The number of nitrogens with zero attached hydrogens (tertiary/aromatic N) is 1. The fourth-order valence-electron chi connectivity index (χ4n) is 5.45. The minimum absolute atomic E-state index is 0.0199. The summed E-state index contributed by atoms with van der Waals surface area (Å²) >= 11 is 18.4. The highest BCUT2D eigenvalue weighted by Gasteiger charge is 2.53. The molecule has 35 heavy (non-hydrogen) atoms. The van der Waals surface area contributed by atoms with Crippen LogP contribution in [0.25, 0.3) is 0 Å². The van der Waals surface area contributed by atoms with Gasteiger partial charge in [-0.05, 0) is 80.1 Å². The van der Waals surface area contributed by atoms with E-state index in [1.165, 1.54) is 6.07 Å². The number of hydrogen-bond donors (Lipinski definition) is 2. The normalized spacial score (nSPS) is 25.1. The molecule has 5 nitrogen and oxygen atoms in total. The van der Waals surface area contributed by atoms with E-state index in [0.29, 0.717) is 39.9 Å². The number of carbonyl (C=O) groups is 2. The maximum atomic E-state index is 14.6. The van der Waals surface area contributed by atoms with Crippen molar-refractivity contribution in [3.8, 4) is 0 Å². The molecule has 1 aliphatic carbocycles. The molecule has 9 heteroatoms. The molecule has 2 aromatic rings. The van der Waals surface area contributed by atoms with Crippen LogP contribution in [-0.2, 0) is 21.4 Å². The molecule has 3 aliphatic heterocycles. The largest absolute Gasteiger partial charge is 0.350 e. The van der Waals surface area contributed by atoms with Gasteiger partial charge in [-0.25, -0.2) is 4.39 Å². The quantitative estimate of drug-likeness (QED) is 0.535. The SMILES string of the molecule is O=C(N[C@@H]1CN2CCC1CC2)[C@H](Cc1ccc(Cl)cc1F)NC(=O)C1(c2ccc(Cl)cc2Cl)CC1. The lowest BCUT2D eigenvalue weighted by Crippen LogP contribution is -2.60. The first kappa shape index (κ1) is 24.8. The van der Waals surface area contributed by atoms with Gasteiger partial charge in [0.1, 0.15) is 11.9 Å². The Morgan fingerprint density at radius 2 is 1.74 bits per heavy atom. The molecule has 2 aromatic carbocycles. The Morgan fingerprint density at radius 3 is 2.34 bits per heavy atom. The van der Waals surface area contributed by atoms with Crippen molar-refractivity contribution in [2.24, 2.45) is 5.92 Å². The van der Waals surface area contributed by atoms with Crippen LogP contribution in [0.15, 0.2) is 36.4 Å². The van der Waals surface area contributed by atoms with Gasteiger partial charge in [-0.1, -0.05) is 46.9 Å². The zero-order chi connectivity index (χ0) is 24.7. The first-order valence-corrected chi connectivity index (χ1v) is 13.1. The highest BCUT2D eigenvalue weighted by atomic mass is 35.5. The topological polar surface area (TPSA) is 61.4 Å². The van der Waals surface area contributed by atoms with Gasteiger partial charge in [-0.2, -0.15) is 0 Å². The smallest absolute Gasteiger partial charge is 0.243 e. The summed E-state index contributed by atoms with van der Waals surface area (Å²) in [6.07, 6.45) is 3.34. The van der Waals surface area contributed by atoms with Crippen LogP contribution in [0.3, 0.4) is 0 Å². The van der Waals surface area contributed by atoms with E-state index in [-0.39, 0.29) is 29.3 Å². The van der Waals surface area contributed by atoms with E-state index < -0.39 is 17.3 Å². The van der Waals surface area contributed by atoms with Crippen molar-refractivity contribution in [2.75, 3.05) is 19.6 Å². The van der Waals surface area contributed by atoms with Crippen molar-refractivity contribution in [1.29, 1.82) is 0 Å². The number of piperidine rings is 3. The lowest BCUT2D eigenvalue weighted by Gasteiger charge is -2.45. The average molecular weight is 539 g/mol. The minimum atomic E-state index is -0.933. The standard InChI is InChI=1S/C26H27Cl3FN3O2/c27-17-3-4-19(20(29)12-17)26(7-8-26)25(35)32-22(11-16-1-2-18(28)13-21(16)30)24(34)31-23-14-33-9-5-15(23)6-10-33/h1-4,12-13,15,22-23H,5-11,14H2,(H,31,34)(H,32,35)/t22-,23+/m0/s1. The Balaban J connectivity index is 1.37. The molecular formula is C26H27Cl3FN3O2. The lowest BCUT2D eigenvalue weighted by atomic mass is 9.84. The van der Waals surface area contributed by atoms with Crippen LogP contribution in [0.4, 0.5) is 4.39 Å². The molecule has 3 saturated heterocycles. The zero-order valence-corrected chi connectivity index (χ0v) is 21.4. The summed E-state index contributed by atoms with van der Waals surface area (Å²) in [5, 5.41) is 7.26.